The number of carbonyl (C=O) groups is 2. The van der Waals surface area contributed by atoms with E-state index in [2.05, 4.69) is 13.8 Å². The molecular formula is C15H22O4. The van der Waals surface area contributed by atoms with E-state index in [1.54, 1.807) is 0 Å². The minimum atomic E-state index is -0.932. The van der Waals surface area contributed by atoms with Crippen molar-refractivity contribution < 1.29 is 19.4 Å². The second kappa shape index (κ2) is 3.60. The first-order valence-electron chi connectivity index (χ1n) is 7.10. The maximum absolute atomic E-state index is 12.4. The van der Waals surface area contributed by atoms with Gasteiger partial charge < -0.3 is 9.84 Å². The molecule has 0 amide bonds. The van der Waals surface area contributed by atoms with Gasteiger partial charge in [-0.25, -0.2) is 0 Å². The molecule has 0 bridgehead atoms. The number of esters is 1. The van der Waals surface area contributed by atoms with Crippen LogP contribution >= 0.6 is 0 Å². The molecule has 106 valence electrons. The van der Waals surface area contributed by atoms with E-state index in [0.29, 0.717) is 6.61 Å². The number of fused-ring (bicyclic) bond motifs is 3. The summed E-state index contributed by atoms with van der Waals surface area (Å²) < 4.78 is 5.26. The summed E-state index contributed by atoms with van der Waals surface area (Å²) in [6, 6.07) is 0. The van der Waals surface area contributed by atoms with Crippen molar-refractivity contribution in [3.63, 3.8) is 0 Å². The molecule has 3 rings (SSSR count). The normalized spacial score (nSPS) is 51.7. The average molecular weight is 266 g/mol. The highest BCUT2D eigenvalue weighted by atomic mass is 16.5. The highest BCUT2D eigenvalue weighted by Crippen LogP contribution is 2.65. The molecule has 1 N–H and O–H groups in total. The molecular weight excluding hydrogens is 244 g/mol. The van der Waals surface area contributed by atoms with Crippen LogP contribution in [0.5, 0.6) is 0 Å². The highest BCUT2D eigenvalue weighted by Gasteiger charge is 2.68. The van der Waals surface area contributed by atoms with Gasteiger partial charge in [-0.15, -0.1) is 0 Å². The van der Waals surface area contributed by atoms with E-state index in [-0.39, 0.29) is 40.8 Å². The second-order valence-electron chi connectivity index (χ2n) is 7.45. The maximum atomic E-state index is 12.4. The lowest BCUT2D eigenvalue weighted by atomic mass is 9.46. The maximum Gasteiger partial charge on any atom is 0.312 e. The number of Topliss-reactive ketones (excluding diaryl/α,β-unsaturated/α-hetero) is 1. The lowest BCUT2D eigenvalue weighted by Crippen LogP contribution is -2.57. The molecule has 2 saturated carbocycles. The minimum absolute atomic E-state index is 0.0615. The van der Waals surface area contributed by atoms with Crippen LogP contribution in [0.3, 0.4) is 0 Å². The smallest absolute Gasteiger partial charge is 0.312 e. The molecule has 0 spiro atoms. The molecule has 0 aromatic heterocycles. The van der Waals surface area contributed by atoms with Gasteiger partial charge in [-0.2, -0.15) is 0 Å². The summed E-state index contributed by atoms with van der Waals surface area (Å²) in [7, 11) is 0. The van der Waals surface area contributed by atoms with Crippen LogP contribution in [0.4, 0.5) is 0 Å². The Morgan fingerprint density at radius 3 is 2.42 bits per heavy atom. The van der Waals surface area contributed by atoms with Crippen LogP contribution in [-0.2, 0) is 14.3 Å². The van der Waals surface area contributed by atoms with E-state index in [0.717, 1.165) is 6.42 Å². The number of aliphatic hydroxyl groups excluding tert-OH is 1. The van der Waals surface area contributed by atoms with Crippen molar-refractivity contribution in [2.24, 2.45) is 34.5 Å². The van der Waals surface area contributed by atoms with Gasteiger partial charge in [-0.1, -0.05) is 20.8 Å². The van der Waals surface area contributed by atoms with Gasteiger partial charge in [0.15, 0.2) is 5.78 Å². The van der Waals surface area contributed by atoms with Crippen LogP contribution in [0.2, 0.25) is 0 Å². The van der Waals surface area contributed by atoms with Crippen molar-refractivity contribution in [3.8, 4) is 0 Å². The Balaban J connectivity index is 2.10. The topological polar surface area (TPSA) is 63.6 Å². The standard InChI is InChI=1S/C15H22O4/c1-7-9-6-19-13(18)15(9,4)8-5-14(2,3)10(8)12(17)11(7)16/h7-10,12,17H,5-6H2,1-4H3. The number of aliphatic hydroxyl groups is 1. The summed E-state index contributed by atoms with van der Waals surface area (Å²) in [5, 5.41) is 10.4. The summed E-state index contributed by atoms with van der Waals surface area (Å²) in [4.78, 5) is 24.6. The summed E-state index contributed by atoms with van der Waals surface area (Å²) >= 11 is 0. The van der Waals surface area contributed by atoms with Crippen LogP contribution in [0.25, 0.3) is 0 Å². The van der Waals surface area contributed by atoms with Crippen molar-refractivity contribution in [1.82, 2.24) is 0 Å². The summed E-state index contributed by atoms with van der Waals surface area (Å²) in [5.74, 6) is -0.762. The molecule has 3 aliphatic rings. The summed E-state index contributed by atoms with van der Waals surface area (Å²) in [5.41, 5.74) is -0.688. The predicted molar refractivity (Wildman–Crippen MR) is 68.1 cm³/mol. The number of cyclic esters (lactones) is 1. The molecule has 0 aromatic rings. The van der Waals surface area contributed by atoms with E-state index in [4.69, 9.17) is 4.74 Å². The number of ketones is 1. The minimum Gasteiger partial charge on any atom is -0.465 e. The Morgan fingerprint density at radius 1 is 1.21 bits per heavy atom. The molecule has 6 atom stereocenters. The summed E-state index contributed by atoms with van der Waals surface area (Å²) in [6.45, 7) is 8.22. The zero-order valence-corrected chi connectivity index (χ0v) is 12.0. The quantitative estimate of drug-likeness (QED) is 0.673. The molecule has 3 fully saturated rings. The Labute approximate surface area is 113 Å². The first kappa shape index (κ1) is 13.1. The van der Waals surface area contributed by atoms with Crippen LogP contribution < -0.4 is 0 Å². The van der Waals surface area contributed by atoms with E-state index in [1.807, 2.05) is 13.8 Å². The fraction of sp³-hybridized carbons (Fsp3) is 0.867. The van der Waals surface area contributed by atoms with Gasteiger partial charge in [0, 0.05) is 17.8 Å². The molecule has 0 aromatic carbocycles. The molecule has 19 heavy (non-hydrogen) atoms. The molecule has 0 radical (unpaired) electrons. The van der Waals surface area contributed by atoms with Gasteiger partial charge in [0.2, 0.25) is 0 Å². The Hall–Kier alpha value is -0.900. The Morgan fingerprint density at radius 2 is 1.84 bits per heavy atom. The van der Waals surface area contributed by atoms with Crippen molar-refractivity contribution in [1.29, 1.82) is 0 Å². The van der Waals surface area contributed by atoms with E-state index >= 15 is 0 Å². The third-order valence-corrected chi connectivity index (χ3v) is 6.14. The highest BCUT2D eigenvalue weighted by molar-refractivity contribution is 5.89. The molecule has 4 nitrogen and oxygen atoms in total. The van der Waals surface area contributed by atoms with Crippen molar-refractivity contribution in [2.75, 3.05) is 6.61 Å². The van der Waals surface area contributed by atoms with E-state index < -0.39 is 11.5 Å². The van der Waals surface area contributed by atoms with Crippen LogP contribution in [-0.4, -0.2) is 29.6 Å². The molecule has 1 heterocycles. The average Bonchev–Trinajstić information content (AvgIpc) is 2.59. The zero-order chi connectivity index (χ0) is 14.2. The lowest BCUT2D eigenvalue weighted by molar-refractivity contribution is -0.171. The zero-order valence-electron chi connectivity index (χ0n) is 12.0. The monoisotopic (exact) mass is 266 g/mol. The van der Waals surface area contributed by atoms with Gasteiger partial charge in [0.25, 0.3) is 0 Å². The largest absolute Gasteiger partial charge is 0.465 e. The molecule has 4 heteroatoms. The number of hydrogen-bond donors (Lipinski definition) is 1. The number of carbonyl (C=O) groups excluding carboxylic acids is 2. The van der Waals surface area contributed by atoms with Gasteiger partial charge in [-0.3, -0.25) is 9.59 Å². The van der Waals surface area contributed by atoms with Gasteiger partial charge in [-0.05, 0) is 24.7 Å². The number of rotatable bonds is 0. The fourth-order valence-electron chi connectivity index (χ4n) is 4.83. The third-order valence-electron chi connectivity index (χ3n) is 6.14. The van der Waals surface area contributed by atoms with Crippen molar-refractivity contribution in [3.05, 3.63) is 0 Å². The van der Waals surface area contributed by atoms with E-state index in [1.165, 1.54) is 0 Å². The molecule has 1 aliphatic heterocycles. The third kappa shape index (κ3) is 1.38. The first-order chi connectivity index (χ1) is 8.71. The summed E-state index contributed by atoms with van der Waals surface area (Å²) in [6.07, 6.45) is -0.0597. The van der Waals surface area contributed by atoms with Crippen LogP contribution in [0, 0.1) is 34.5 Å². The number of hydrogen-bond acceptors (Lipinski definition) is 4. The van der Waals surface area contributed by atoms with Crippen molar-refractivity contribution in [2.45, 2.75) is 40.2 Å². The fourth-order valence-corrected chi connectivity index (χ4v) is 4.83. The Kier molecular flexibility index (Phi) is 2.48. The van der Waals surface area contributed by atoms with Crippen LogP contribution in [0.1, 0.15) is 34.1 Å². The SMILES string of the molecule is CC1C(=O)C(O)C2C(CC2(C)C)C2(C)C(=O)OCC12. The first-order valence-corrected chi connectivity index (χ1v) is 7.10. The second-order valence-corrected chi connectivity index (χ2v) is 7.45. The lowest BCUT2D eigenvalue weighted by Gasteiger charge is -2.57. The predicted octanol–water partition coefficient (Wildman–Crippen LogP) is 1.41. The van der Waals surface area contributed by atoms with Crippen molar-refractivity contribution >= 4 is 11.8 Å². The van der Waals surface area contributed by atoms with Crippen LogP contribution in [0.15, 0.2) is 0 Å². The Bertz CT molecular complexity index is 455. The van der Waals surface area contributed by atoms with E-state index in [9.17, 15) is 14.7 Å². The van der Waals surface area contributed by atoms with Gasteiger partial charge in [0.05, 0.1) is 12.0 Å². The van der Waals surface area contributed by atoms with Gasteiger partial charge in [0.1, 0.15) is 6.10 Å². The molecule has 1 saturated heterocycles. The molecule has 6 unspecified atom stereocenters. The molecule has 2 aliphatic carbocycles. The van der Waals surface area contributed by atoms with Gasteiger partial charge >= 0.3 is 5.97 Å². The number of ether oxygens (including phenoxy) is 1.